The Labute approximate surface area is 180 Å². The van der Waals surface area contributed by atoms with E-state index in [1.165, 1.54) is 30.1 Å². The number of nitrogens with zero attached hydrogens (tertiary/aromatic N) is 4. The van der Waals surface area contributed by atoms with Crippen molar-refractivity contribution < 1.29 is 27.1 Å². The summed E-state index contributed by atoms with van der Waals surface area (Å²) in [6.07, 6.45) is 2.07. The monoisotopic (exact) mass is 452 g/mol. The second-order valence-electron chi connectivity index (χ2n) is 8.66. The van der Waals surface area contributed by atoms with Crippen LogP contribution in [0.4, 0.5) is 27.8 Å². The number of anilines is 1. The van der Waals surface area contributed by atoms with Gasteiger partial charge in [0.2, 0.25) is 0 Å². The zero-order valence-electron chi connectivity index (χ0n) is 17.3. The molecule has 32 heavy (non-hydrogen) atoms. The summed E-state index contributed by atoms with van der Waals surface area (Å²) in [5.74, 6) is -3.83. The molecule has 1 aromatic carbocycles. The summed E-state index contributed by atoms with van der Waals surface area (Å²) in [5.41, 5.74) is -1.97. The molecule has 5 nitrogen and oxygen atoms in total. The third kappa shape index (κ3) is 3.45. The summed E-state index contributed by atoms with van der Waals surface area (Å²) >= 11 is 0. The Morgan fingerprint density at radius 1 is 1.12 bits per heavy atom. The highest BCUT2D eigenvalue weighted by atomic mass is 19.4. The number of hydrogen-bond donors (Lipinski definition) is 1. The molecule has 2 heterocycles. The summed E-state index contributed by atoms with van der Waals surface area (Å²) in [5, 5.41) is 14.2. The van der Waals surface area contributed by atoms with Crippen LogP contribution in [0.2, 0.25) is 0 Å². The van der Waals surface area contributed by atoms with Crippen LogP contribution in [0.1, 0.15) is 37.7 Å². The molecule has 170 valence electrons. The Balaban J connectivity index is 1.62. The van der Waals surface area contributed by atoms with E-state index in [1.54, 1.807) is 13.1 Å². The number of phenols is 1. The van der Waals surface area contributed by atoms with Crippen molar-refractivity contribution in [2.75, 3.05) is 11.4 Å². The average molecular weight is 452 g/mol. The molecular weight excluding hydrogens is 431 g/mol. The maximum Gasteiger partial charge on any atom is 0.419 e. The van der Waals surface area contributed by atoms with Crippen molar-refractivity contribution in [2.24, 2.45) is 13.0 Å². The third-order valence-corrected chi connectivity index (χ3v) is 6.42. The van der Waals surface area contributed by atoms with E-state index >= 15 is 0 Å². The number of aryl methyl sites for hydroxylation is 1. The molecule has 0 radical (unpaired) electrons. The Morgan fingerprint density at radius 3 is 2.44 bits per heavy atom. The van der Waals surface area contributed by atoms with Gasteiger partial charge in [-0.1, -0.05) is 0 Å². The zero-order valence-corrected chi connectivity index (χ0v) is 17.3. The van der Waals surface area contributed by atoms with Gasteiger partial charge in [-0.05, 0) is 44.1 Å². The molecule has 0 atom stereocenters. The van der Waals surface area contributed by atoms with Crippen molar-refractivity contribution in [3.63, 3.8) is 0 Å². The Hall–Kier alpha value is -2.91. The van der Waals surface area contributed by atoms with E-state index in [-0.39, 0.29) is 5.69 Å². The number of pyridine rings is 1. The molecule has 5 rings (SSSR count). The highest BCUT2D eigenvalue weighted by Gasteiger charge is 2.38. The van der Waals surface area contributed by atoms with Crippen molar-refractivity contribution >= 4 is 16.7 Å². The molecular formula is C22H21F5N4O. The summed E-state index contributed by atoms with van der Waals surface area (Å²) in [7, 11) is 1.59. The molecule has 2 aromatic heterocycles. The van der Waals surface area contributed by atoms with Gasteiger partial charge >= 0.3 is 6.18 Å². The van der Waals surface area contributed by atoms with Crippen LogP contribution in [0.3, 0.4) is 0 Å². The molecule has 0 bridgehead atoms. The molecule has 0 unspecified atom stereocenters. The Morgan fingerprint density at radius 2 is 1.84 bits per heavy atom. The molecule has 0 aliphatic heterocycles. The second-order valence-corrected chi connectivity index (χ2v) is 8.66. The van der Waals surface area contributed by atoms with Crippen molar-refractivity contribution in [1.29, 1.82) is 0 Å². The first-order valence-electron chi connectivity index (χ1n) is 10.5. The summed E-state index contributed by atoms with van der Waals surface area (Å²) < 4.78 is 69.6. The van der Waals surface area contributed by atoms with Crippen molar-refractivity contribution in [3.8, 4) is 17.0 Å². The average Bonchev–Trinajstić information content (AvgIpc) is 3.46. The van der Waals surface area contributed by atoms with E-state index in [0.29, 0.717) is 28.9 Å². The van der Waals surface area contributed by atoms with Crippen LogP contribution in [0, 0.1) is 17.6 Å². The van der Waals surface area contributed by atoms with Crippen molar-refractivity contribution in [3.05, 3.63) is 35.5 Å². The SMILES string of the molecule is Cn1nc(-c2cc(C(F)(F)F)c(F)c(O)c2F)c2cnc(N(CC3CC3)C3CCC3)cc21. The Kier molecular flexibility index (Phi) is 4.79. The van der Waals surface area contributed by atoms with E-state index in [9.17, 15) is 27.1 Å². The van der Waals surface area contributed by atoms with Crippen LogP contribution in [-0.4, -0.2) is 32.5 Å². The second kappa shape index (κ2) is 7.31. The molecule has 2 saturated carbocycles. The lowest BCUT2D eigenvalue weighted by Crippen LogP contribution is -2.42. The number of aromatic nitrogens is 3. The quantitative estimate of drug-likeness (QED) is 0.527. The fourth-order valence-electron chi connectivity index (χ4n) is 4.21. The predicted molar refractivity (Wildman–Crippen MR) is 108 cm³/mol. The molecule has 0 saturated heterocycles. The summed E-state index contributed by atoms with van der Waals surface area (Å²) in [6.45, 7) is 0.906. The van der Waals surface area contributed by atoms with E-state index in [4.69, 9.17) is 0 Å². The number of phenolic OH excluding ortho intramolecular Hbond substituents is 1. The maximum atomic E-state index is 14.6. The van der Waals surface area contributed by atoms with E-state index in [1.807, 2.05) is 0 Å². The first kappa shape index (κ1) is 21.0. The molecule has 1 N–H and O–H groups in total. The fourth-order valence-corrected chi connectivity index (χ4v) is 4.21. The van der Waals surface area contributed by atoms with E-state index in [0.717, 1.165) is 25.2 Å². The molecule has 2 fully saturated rings. The standard InChI is InChI=1S/C22H21F5N4O/c1-30-16-8-17(31(10-11-5-6-11)12-3-2-4-12)28-9-14(16)20(29-30)13-7-15(22(25,26)27)19(24)21(32)18(13)23/h7-9,11-12,32H,2-6,10H2,1H3. The lowest BCUT2D eigenvalue weighted by atomic mass is 9.91. The van der Waals surface area contributed by atoms with Gasteiger partial charge in [-0.25, -0.2) is 13.8 Å². The zero-order chi connectivity index (χ0) is 22.8. The van der Waals surface area contributed by atoms with Gasteiger partial charge in [0.25, 0.3) is 0 Å². The van der Waals surface area contributed by atoms with Crippen LogP contribution in [0.15, 0.2) is 18.3 Å². The lowest BCUT2D eigenvalue weighted by molar-refractivity contribution is -0.140. The van der Waals surface area contributed by atoms with Crippen LogP contribution >= 0.6 is 0 Å². The Bertz CT molecular complexity index is 1200. The number of aromatic hydroxyl groups is 1. The normalized spacial score (nSPS) is 17.1. The number of halogens is 5. The van der Waals surface area contributed by atoms with E-state index in [2.05, 4.69) is 15.0 Å². The fraction of sp³-hybridized carbons (Fsp3) is 0.455. The molecule has 0 spiro atoms. The molecule has 2 aliphatic rings. The van der Waals surface area contributed by atoms with Crippen LogP contribution in [0.5, 0.6) is 5.75 Å². The highest BCUT2D eigenvalue weighted by Crippen LogP contribution is 2.42. The largest absolute Gasteiger partial charge is 0.503 e. The van der Waals surface area contributed by atoms with Crippen molar-refractivity contribution in [1.82, 2.24) is 14.8 Å². The number of hydrogen-bond acceptors (Lipinski definition) is 4. The van der Waals surface area contributed by atoms with E-state index < -0.39 is 34.7 Å². The van der Waals surface area contributed by atoms with Crippen LogP contribution < -0.4 is 4.90 Å². The highest BCUT2D eigenvalue weighted by molar-refractivity contribution is 5.94. The third-order valence-electron chi connectivity index (χ3n) is 6.42. The first-order chi connectivity index (χ1) is 15.1. The van der Waals surface area contributed by atoms with Crippen LogP contribution in [-0.2, 0) is 13.2 Å². The smallest absolute Gasteiger partial charge is 0.419 e. The minimum Gasteiger partial charge on any atom is -0.503 e. The van der Waals surface area contributed by atoms with Gasteiger partial charge in [-0.2, -0.15) is 18.3 Å². The van der Waals surface area contributed by atoms with Gasteiger partial charge < -0.3 is 10.0 Å². The van der Waals surface area contributed by atoms with Gasteiger partial charge in [0.05, 0.1) is 11.1 Å². The summed E-state index contributed by atoms with van der Waals surface area (Å²) in [6, 6.07) is 2.56. The van der Waals surface area contributed by atoms with Gasteiger partial charge in [0.1, 0.15) is 11.5 Å². The number of fused-ring (bicyclic) bond motifs is 1. The predicted octanol–water partition coefficient (Wildman–Crippen LogP) is 5.41. The van der Waals surface area contributed by atoms with Gasteiger partial charge in [-0.15, -0.1) is 0 Å². The molecule has 10 heteroatoms. The minimum atomic E-state index is -5.11. The molecule has 0 amide bonds. The van der Waals surface area contributed by atoms with Crippen LogP contribution in [0.25, 0.3) is 22.2 Å². The molecule has 3 aromatic rings. The van der Waals surface area contributed by atoms with Gasteiger partial charge in [0.15, 0.2) is 17.4 Å². The van der Waals surface area contributed by atoms with Crippen molar-refractivity contribution in [2.45, 2.75) is 44.3 Å². The minimum absolute atomic E-state index is 0.141. The summed E-state index contributed by atoms with van der Waals surface area (Å²) in [4.78, 5) is 6.80. The number of alkyl halides is 3. The molecule has 2 aliphatic carbocycles. The topological polar surface area (TPSA) is 54.2 Å². The maximum absolute atomic E-state index is 14.6. The number of rotatable bonds is 5. The van der Waals surface area contributed by atoms with Gasteiger partial charge in [0, 0.05) is 42.8 Å². The van der Waals surface area contributed by atoms with Gasteiger partial charge in [-0.3, -0.25) is 4.68 Å². The first-order valence-corrected chi connectivity index (χ1v) is 10.5. The number of benzene rings is 1. The lowest BCUT2D eigenvalue weighted by Gasteiger charge is -2.38.